The number of carbonyl (C=O) groups excluding carboxylic acids is 1. The van der Waals surface area contributed by atoms with Crippen LogP contribution in [-0.2, 0) is 11.3 Å². The average Bonchev–Trinajstić information content (AvgIpc) is 2.42. The zero-order chi connectivity index (χ0) is 17.0. The van der Waals surface area contributed by atoms with Crippen LogP contribution in [0.1, 0.15) is 40.2 Å². The van der Waals surface area contributed by atoms with Crippen LogP contribution in [-0.4, -0.2) is 35.7 Å². The molecule has 1 aliphatic heterocycles. The molecule has 128 valence electrons. The number of hydrogen-bond acceptors (Lipinski definition) is 3. The molecule has 4 heteroatoms. The lowest BCUT2D eigenvalue weighted by Gasteiger charge is -2.41. The lowest BCUT2D eigenvalue weighted by Crippen LogP contribution is -2.55. The van der Waals surface area contributed by atoms with Gasteiger partial charge in [-0.15, -0.1) is 0 Å². The molecule has 2 rings (SSSR count). The number of alkyl carbamates (subject to hydrolysis) is 1. The molecule has 1 amide bonds. The van der Waals surface area contributed by atoms with Gasteiger partial charge in [-0.1, -0.05) is 44.2 Å². The maximum Gasteiger partial charge on any atom is 0.407 e. The van der Waals surface area contributed by atoms with Gasteiger partial charge in [0, 0.05) is 25.7 Å². The van der Waals surface area contributed by atoms with E-state index in [1.165, 1.54) is 5.56 Å². The van der Waals surface area contributed by atoms with Gasteiger partial charge < -0.3 is 10.1 Å². The van der Waals surface area contributed by atoms with Crippen LogP contribution in [0.4, 0.5) is 4.79 Å². The highest BCUT2D eigenvalue weighted by Gasteiger charge is 2.33. The molecule has 0 saturated carbocycles. The molecule has 1 fully saturated rings. The molecule has 0 bridgehead atoms. The van der Waals surface area contributed by atoms with Crippen LogP contribution < -0.4 is 5.32 Å². The number of nitrogens with zero attached hydrogens (tertiary/aromatic N) is 1. The molecule has 1 N–H and O–H groups in total. The Kier molecular flexibility index (Phi) is 5.69. The molecule has 1 aliphatic rings. The smallest absolute Gasteiger partial charge is 0.407 e. The highest BCUT2D eigenvalue weighted by atomic mass is 16.6. The van der Waals surface area contributed by atoms with Crippen LogP contribution in [0.3, 0.4) is 0 Å². The minimum Gasteiger partial charge on any atom is -0.444 e. The van der Waals surface area contributed by atoms with Gasteiger partial charge in [-0.3, -0.25) is 4.90 Å². The third-order valence-corrected chi connectivity index (χ3v) is 4.25. The van der Waals surface area contributed by atoms with Crippen molar-refractivity contribution in [1.29, 1.82) is 0 Å². The average molecular weight is 318 g/mol. The van der Waals surface area contributed by atoms with Gasteiger partial charge >= 0.3 is 6.09 Å². The molecule has 0 aliphatic carbocycles. The van der Waals surface area contributed by atoms with Crippen LogP contribution in [0, 0.1) is 11.8 Å². The lowest BCUT2D eigenvalue weighted by molar-refractivity contribution is 0.0367. The molecule has 0 unspecified atom stereocenters. The molecule has 1 heterocycles. The quantitative estimate of drug-likeness (QED) is 0.924. The van der Waals surface area contributed by atoms with Crippen molar-refractivity contribution >= 4 is 6.09 Å². The number of likely N-dealkylation sites (tertiary alicyclic amines) is 1. The SMILES string of the molecule is C[C@@H]1CN(Cc2ccccc2)C[C@@H](C)C1NC(=O)OC(C)(C)C. The number of carbonyl (C=O) groups is 1. The third-order valence-electron chi connectivity index (χ3n) is 4.25. The molecule has 23 heavy (non-hydrogen) atoms. The predicted octanol–water partition coefficient (Wildman–Crippen LogP) is 3.67. The van der Waals surface area contributed by atoms with E-state index in [1.807, 2.05) is 26.8 Å². The summed E-state index contributed by atoms with van der Waals surface area (Å²) in [5, 5.41) is 3.07. The van der Waals surface area contributed by atoms with E-state index in [9.17, 15) is 4.79 Å². The van der Waals surface area contributed by atoms with Crippen LogP contribution in [0.15, 0.2) is 30.3 Å². The van der Waals surface area contributed by atoms with Gasteiger partial charge in [0.15, 0.2) is 0 Å². The van der Waals surface area contributed by atoms with E-state index in [-0.39, 0.29) is 12.1 Å². The molecule has 0 aromatic heterocycles. The number of nitrogens with one attached hydrogen (secondary N) is 1. The molecule has 1 saturated heterocycles. The first kappa shape index (κ1) is 17.8. The Balaban J connectivity index is 1.90. The molecule has 0 spiro atoms. The fourth-order valence-electron chi connectivity index (χ4n) is 3.38. The van der Waals surface area contributed by atoms with Crippen molar-refractivity contribution in [2.45, 2.75) is 52.8 Å². The van der Waals surface area contributed by atoms with Gasteiger partial charge in [0.05, 0.1) is 0 Å². The number of benzene rings is 1. The Morgan fingerprint density at radius 2 is 1.74 bits per heavy atom. The lowest BCUT2D eigenvalue weighted by atomic mass is 9.85. The standard InChI is InChI=1S/C19H30N2O2/c1-14-11-21(13-16-9-7-6-8-10-16)12-15(2)17(14)20-18(22)23-19(3,4)5/h6-10,14-15,17H,11-13H2,1-5H3,(H,20,22)/t14-,15-/m1/s1. The van der Waals surface area contributed by atoms with Crippen molar-refractivity contribution in [2.75, 3.05) is 13.1 Å². The first-order valence-electron chi connectivity index (χ1n) is 8.50. The number of ether oxygens (including phenoxy) is 1. The van der Waals surface area contributed by atoms with Crippen molar-refractivity contribution < 1.29 is 9.53 Å². The van der Waals surface area contributed by atoms with Gasteiger partial charge in [-0.05, 0) is 38.2 Å². The Morgan fingerprint density at radius 3 is 2.26 bits per heavy atom. The summed E-state index contributed by atoms with van der Waals surface area (Å²) in [4.78, 5) is 14.5. The minimum absolute atomic E-state index is 0.164. The van der Waals surface area contributed by atoms with Gasteiger partial charge in [0.2, 0.25) is 0 Å². The van der Waals surface area contributed by atoms with Crippen LogP contribution in [0.2, 0.25) is 0 Å². The highest BCUT2D eigenvalue weighted by molar-refractivity contribution is 5.68. The summed E-state index contributed by atoms with van der Waals surface area (Å²) in [7, 11) is 0. The van der Waals surface area contributed by atoms with Crippen molar-refractivity contribution in [3.8, 4) is 0 Å². The van der Waals surface area contributed by atoms with E-state index in [4.69, 9.17) is 4.74 Å². The second-order valence-corrected chi connectivity index (χ2v) is 7.81. The largest absolute Gasteiger partial charge is 0.444 e. The molecular formula is C19H30N2O2. The maximum absolute atomic E-state index is 12.0. The first-order chi connectivity index (χ1) is 10.7. The van der Waals surface area contributed by atoms with E-state index >= 15 is 0 Å². The fourth-order valence-corrected chi connectivity index (χ4v) is 3.38. The van der Waals surface area contributed by atoms with E-state index in [1.54, 1.807) is 0 Å². The monoisotopic (exact) mass is 318 g/mol. The number of piperidine rings is 1. The Labute approximate surface area is 140 Å². The molecule has 2 atom stereocenters. The maximum atomic E-state index is 12.0. The molecule has 1 aromatic rings. The topological polar surface area (TPSA) is 41.6 Å². The molecule has 0 radical (unpaired) electrons. The third kappa shape index (κ3) is 5.54. The predicted molar refractivity (Wildman–Crippen MR) is 93.2 cm³/mol. The van der Waals surface area contributed by atoms with Crippen molar-refractivity contribution in [3.05, 3.63) is 35.9 Å². The second kappa shape index (κ2) is 7.35. The van der Waals surface area contributed by atoms with Gasteiger partial charge in [-0.25, -0.2) is 4.79 Å². The number of rotatable bonds is 3. The van der Waals surface area contributed by atoms with Crippen molar-refractivity contribution in [2.24, 2.45) is 11.8 Å². The minimum atomic E-state index is -0.454. The van der Waals surface area contributed by atoms with Gasteiger partial charge in [0.25, 0.3) is 0 Å². The fraction of sp³-hybridized carbons (Fsp3) is 0.632. The molecule has 4 nitrogen and oxygen atoms in total. The summed E-state index contributed by atoms with van der Waals surface area (Å²) < 4.78 is 5.40. The van der Waals surface area contributed by atoms with Gasteiger partial charge in [-0.2, -0.15) is 0 Å². The summed E-state index contributed by atoms with van der Waals surface area (Å²) >= 11 is 0. The highest BCUT2D eigenvalue weighted by Crippen LogP contribution is 2.24. The number of amides is 1. The van der Waals surface area contributed by atoms with E-state index in [0.717, 1.165) is 19.6 Å². The van der Waals surface area contributed by atoms with Crippen molar-refractivity contribution in [1.82, 2.24) is 10.2 Å². The van der Waals surface area contributed by atoms with Gasteiger partial charge in [0.1, 0.15) is 5.60 Å². The summed E-state index contributed by atoms with van der Waals surface area (Å²) in [6.07, 6.45) is -0.308. The Hall–Kier alpha value is -1.55. The van der Waals surface area contributed by atoms with Crippen molar-refractivity contribution in [3.63, 3.8) is 0 Å². The summed E-state index contributed by atoms with van der Waals surface area (Å²) in [6, 6.07) is 10.7. The first-order valence-corrected chi connectivity index (χ1v) is 8.50. The Morgan fingerprint density at radius 1 is 1.17 bits per heavy atom. The zero-order valence-corrected chi connectivity index (χ0v) is 15.0. The molecular weight excluding hydrogens is 288 g/mol. The summed E-state index contributed by atoms with van der Waals surface area (Å²) in [5.74, 6) is 0.796. The van der Waals surface area contributed by atoms with E-state index < -0.39 is 5.60 Å². The van der Waals surface area contributed by atoms with Crippen LogP contribution in [0.5, 0.6) is 0 Å². The normalized spacial score (nSPS) is 23.5. The van der Waals surface area contributed by atoms with Crippen LogP contribution >= 0.6 is 0 Å². The summed E-state index contributed by atoms with van der Waals surface area (Å²) in [5.41, 5.74) is 0.885. The van der Waals surface area contributed by atoms with Crippen LogP contribution in [0.25, 0.3) is 0 Å². The molecule has 1 aromatic carbocycles. The second-order valence-electron chi connectivity index (χ2n) is 7.81. The van der Waals surface area contributed by atoms with E-state index in [2.05, 4.69) is 48.3 Å². The number of hydrogen-bond donors (Lipinski definition) is 1. The van der Waals surface area contributed by atoms with E-state index in [0.29, 0.717) is 11.8 Å². The zero-order valence-electron chi connectivity index (χ0n) is 15.0. The Bertz CT molecular complexity index is 498. The summed E-state index contributed by atoms with van der Waals surface area (Å²) in [6.45, 7) is 13.0.